The Hall–Kier alpha value is -0.730. The normalized spacial score (nSPS) is 9.78. The second-order valence-corrected chi connectivity index (χ2v) is 2.66. The molecule has 0 aromatic carbocycles. The van der Waals surface area contributed by atoms with E-state index in [0.29, 0.717) is 5.92 Å². The van der Waals surface area contributed by atoms with E-state index in [4.69, 9.17) is 11.1 Å². The summed E-state index contributed by atoms with van der Waals surface area (Å²) in [5.41, 5.74) is 5.19. The highest BCUT2D eigenvalue weighted by atomic mass is 15.2. The smallest absolute Gasteiger partial charge is 0.188 e. The first-order valence-corrected chi connectivity index (χ1v) is 3.09. The molecule has 0 amide bonds. The molecule has 0 heterocycles. The Kier molecular flexibility index (Phi) is 3.06. The minimum absolute atomic E-state index is 0.142. The second-order valence-electron chi connectivity index (χ2n) is 2.66. The van der Waals surface area contributed by atoms with E-state index in [9.17, 15) is 0 Å². The lowest BCUT2D eigenvalue weighted by molar-refractivity contribution is 0.419. The molecule has 0 saturated heterocycles. The molecule has 3 N–H and O–H groups in total. The van der Waals surface area contributed by atoms with E-state index in [1.165, 1.54) is 0 Å². The van der Waals surface area contributed by atoms with E-state index in [2.05, 4.69) is 13.8 Å². The minimum Gasteiger partial charge on any atom is -0.370 e. The summed E-state index contributed by atoms with van der Waals surface area (Å²) in [6.45, 7) is 5.05. The molecule has 0 radical (unpaired) electrons. The summed E-state index contributed by atoms with van der Waals surface area (Å²) in [5.74, 6) is 0.711. The van der Waals surface area contributed by atoms with Crippen LogP contribution in [0.4, 0.5) is 0 Å². The van der Waals surface area contributed by atoms with Gasteiger partial charge in [0.1, 0.15) is 0 Å². The monoisotopic (exact) mass is 129 g/mol. The first kappa shape index (κ1) is 8.27. The fourth-order valence-corrected chi connectivity index (χ4v) is 0.646. The van der Waals surface area contributed by atoms with Crippen LogP contribution in [0.25, 0.3) is 0 Å². The zero-order valence-corrected chi connectivity index (χ0v) is 6.31. The third-order valence-corrected chi connectivity index (χ3v) is 1.05. The predicted molar refractivity (Wildman–Crippen MR) is 39.4 cm³/mol. The first-order chi connectivity index (χ1) is 4.04. The van der Waals surface area contributed by atoms with Gasteiger partial charge >= 0.3 is 0 Å². The van der Waals surface area contributed by atoms with Crippen LogP contribution in [0, 0.1) is 11.3 Å². The van der Waals surface area contributed by atoms with Gasteiger partial charge in [-0.25, -0.2) is 0 Å². The van der Waals surface area contributed by atoms with Gasteiger partial charge < -0.3 is 10.6 Å². The maximum atomic E-state index is 7.00. The molecular formula is C6H15N3. The van der Waals surface area contributed by atoms with Crippen molar-refractivity contribution in [2.24, 2.45) is 11.7 Å². The molecule has 0 aromatic rings. The van der Waals surface area contributed by atoms with Gasteiger partial charge in [0, 0.05) is 13.6 Å². The predicted octanol–water partition coefficient (Wildman–Crippen LogP) is 0.468. The van der Waals surface area contributed by atoms with Crippen molar-refractivity contribution in [3.05, 3.63) is 0 Å². The van der Waals surface area contributed by atoms with E-state index in [0.717, 1.165) is 6.54 Å². The largest absolute Gasteiger partial charge is 0.370 e. The highest BCUT2D eigenvalue weighted by Gasteiger charge is 2.00. The van der Waals surface area contributed by atoms with Gasteiger partial charge in [-0.2, -0.15) is 0 Å². The quantitative estimate of drug-likeness (QED) is 0.420. The highest BCUT2D eigenvalue weighted by molar-refractivity contribution is 5.74. The highest BCUT2D eigenvalue weighted by Crippen LogP contribution is 1.93. The maximum absolute atomic E-state index is 7.00. The van der Waals surface area contributed by atoms with Gasteiger partial charge in [-0.05, 0) is 5.92 Å². The summed E-state index contributed by atoms with van der Waals surface area (Å²) in [5, 5.41) is 7.00. The third kappa shape index (κ3) is 3.82. The molecule has 0 unspecified atom stereocenters. The van der Waals surface area contributed by atoms with Crippen LogP contribution in [0.5, 0.6) is 0 Å². The van der Waals surface area contributed by atoms with Crippen molar-refractivity contribution in [1.82, 2.24) is 4.90 Å². The van der Waals surface area contributed by atoms with Crippen LogP contribution in [-0.2, 0) is 0 Å². The molecule has 0 aliphatic carbocycles. The summed E-state index contributed by atoms with van der Waals surface area (Å²) in [6, 6.07) is 0. The van der Waals surface area contributed by atoms with Crippen LogP contribution in [0.2, 0.25) is 0 Å². The van der Waals surface area contributed by atoms with Crippen LogP contribution in [0.15, 0.2) is 0 Å². The number of hydrogen-bond acceptors (Lipinski definition) is 1. The molecule has 54 valence electrons. The number of guanidine groups is 1. The zero-order chi connectivity index (χ0) is 7.44. The Balaban J connectivity index is 3.50. The average molecular weight is 129 g/mol. The lowest BCUT2D eigenvalue weighted by Crippen LogP contribution is -2.35. The van der Waals surface area contributed by atoms with E-state index in [1.807, 2.05) is 7.05 Å². The first-order valence-electron chi connectivity index (χ1n) is 3.09. The average Bonchev–Trinajstić information content (AvgIpc) is 1.63. The van der Waals surface area contributed by atoms with Crippen LogP contribution in [0.3, 0.4) is 0 Å². The molecule has 0 atom stereocenters. The van der Waals surface area contributed by atoms with Crippen molar-refractivity contribution in [2.75, 3.05) is 13.6 Å². The molecule has 0 aliphatic rings. The van der Waals surface area contributed by atoms with Crippen molar-refractivity contribution < 1.29 is 0 Å². The van der Waals surface area contributed by atoms with Crippen molar-refractivity contribution in [2.45, 2.75) is 13.8 Å². The number of nitrogens with zero attached hydrogens (tertiary/aromatic N) is 1. The molecule has 3 nitrogen and oxygen atoms in total. The van der Waals surface area contributed by atoms with Crippen LogP contribution in [0.1, 0.15) is 13.8 Å². The Morgan fingerprint density at radius 1 is 1.67 bits per heavy atom. The fraction of sp³-hybridized carbons (Fsp3) is 0.833. The molecule has 3 heteroatoms. The van der Waals surface area contributed by atoms with E-state index in [-0.39, 0.29) is 5.96 Å². The Labute approximate surface area is 56.3 Å². The molecule has 0 bridgehead atoms. The number of rotatable bonds is 2. The van der Waals surface area contributed by atoms with Gasteiger partial charge in [0.15, 0.2) is 5.96 Å². The van der Waals surface area contributed by atoms with E-state index < -0.39 is 0 Å². The van der Waals surface area contributed by atoms with E-state index in [1.54, 1.807) is 4.90 Å². The van der Waals surface area contributed by atoms with Gasteiger partial charge in [-0.15, -0.1) is 0 Å². The molecular weight excluding hydrogens is 114 g/mol. The van der Waals surface area contributed by atoms with Crippen LogP contribution >= 0.6 is 0 Å². The second kappa shape index (κ2) is 3.33. The van der Waals surface area contributed by atoms with Crippen molar-refractivity contribution in [3.8, 4) is 0 Å². The molecule has 0 fully saturated rings. The van der Waals surface area contributed by atoms with Crippen molar-refractivity contribution >= 4 is 5.96 Å². The lowest BCUT2D eigenvalue weighted by atomic mass is 10.2. The summed E-state index contributed by atoms with van der Waals surface area (Å²) in [6.07, 6.45) is 0. The van der Waals surface area contributed by atoms with Crippen LogP contribution in [-0.4, -0.2) is 24.5 Å². The number of nitrogens with one attached hydrogen (secondary N) is 1. The topological polar surface area (TPSA) is 53.1 Å². The zero-order valence-electron chi connectivity index (χ0n) is 6.31. The maximum Gasteiger partial charge on any atom is 0.188 e. The molecule has 0 aliphatic heterocycles. The summed E-state index contributed by atoms with van der Waals surface area (Å²) in [4.78, 5) is 1.73. The standard InChI is InChI=1S/C6H15N3/c1-5(2)4-9(3)6(7)8/h5H,4H2,1-3H3,(H3,7,8). The van der Waals surface area contributed by atoms with Crippen molar-refractivity contribution in [1.29, 1.82) is 5.41 Å². The Morgan fingerprint density at radius 2 is 2.11 bits per heavy atom. The summed E-state index contributed by atoms with van der Waals surface area (Å²) in [7, 11) is 1.82. The summed E-state index contributed by atoms with van der Waals surface area (Å²) >= 11 is 0. The van der Waals surface area contributed by atoms with Crippen LogP contribution < -0.4 is 5.73 Å². The lowest BCUT2D eigenvalue weighted by Gasteiger charge is -2.18. The van der Waals surface area contributed by atoms with Crippen molar-refractivity contribution in [3.63, 3.8) is 0 Å². The third-order valence-electron chi connectivity index (χ3n) is 1.05. The Morgan fingerprint density at radius 3 is 2.22 bits per heavy atom. The van der Waals surface area contributed by atoms with Gasteiger partial charge in [-0.1, -0.05) is 13.8 Å². The molecule has 0 rings (SSSR count). The van der Waals surface area contributed by atoms with Gasteiger partial charge in [0.05, 0.1) is 0 Å². The Bertz CT molecular complexity index is 98.5. The fourth-order valence-electron chi connectivity index (χ4n) is 0.646. The van der Waals surface area contributed by atoms with Gasteiger partial charge in [0.25, 0.3) is 0 Å². The van der Waals surface area contributed by atoms with E-state index >= 15 is 0 Å². The summed E-state index contributed by atoms with van der Waals surface area (Å²) < 4.78 is 0. The molecule has 0 spiro atoms. The number of nitrogens with two attached hydrogens (primary N) is 1. The van der Waals surface area contributed by atoms with Gasteiger partial charge in [-0.3, -0.25) is 5.41 Å². The SMILES string of the molecule is CC(C)CN(C)C(=N)N. The number of hydrogen-bond donors (Lipinski definition) is 2. The molecule has 0 saturated carbocycles. The minimum atomic E-state index is 0.142. The molecule has 9 heavy (non-hydrogen) atoms. The van der Waals surface area contributed by atoms with Gasteiger partial charge in [0.2, 0.25) is 0 Å². The molecule has 0 aromatic heterocycles.